The number of hydrogen-bond acceptors (Lipinski definition) is 4. The second-order valence-corrected chi connectivity index (χ2v) is 6.30. The molecular weight excluding hydrogens is 320 g/mol. The van der Waals surface area contributed by atoms with Crippen LogP contribution < -0.4 is 16.0 Å². The van der Waals surface area contributed by atoms with Crippen LogP contribution in [-0.2, 0) is 14.3 Å². The second-order valence-electron chi connectivity index (χ2n) is 6.30. The Hall–Kier alpha value is -1.34. The zero-order valence-electron chi connectivity index (χ0n) is 15.9. The van der Waals surface area contributed by atoms with Crippen LogP contribution in [0.4, 0.5) is 0 Å². The van der Waals surface area contributed by atoms with Gasteiger partial charge in [0, 0.05) is 45.8 Å². The van der Waals surface area contributed by atoms with E-state index in [-0.39, 0.29) is 5.91 Å². The van der Waals surface area contributed by atoms with E-state index in [9.17, 15) is 4.79 Å². The van der Waals surface area contributed by atoms with Gasteiger partial charge in [0.05, 0.1) is 13.2 Å². The van der Waals surface area contributed by atoms with Crippen molar-refractivity contribution in [2.75, 3.05) is 46.6 Å². The monoisotopic (exact) mass is 356 g/mol. The fraction of sp³-hybridized carbons (Fsp3) is 0.889. The first-order valence-electron chi connectivity index (χ1n) is 9.64. The Morgan fingerprint density at radius 3 is 2.64 bits per heavy atom. The van der Waals surface area contributed by atoms with Crippen molar-refractivity contribution in [3.63, 3.8) is 0 Å². The molecule has 1 aliphatic carbocycles. The van der Waals surface area contributed by atoms with Crippen LogP contribution in [0, 0.1) is 0 Å². The lowest BCUT2D eigenvalue weighted by atomic mass is 9.95. The number of rotatable bonds is 12. The lowest BCUT2D eigenvalue weighted by Crippen LogP contribution is -2.41. The molecule has 146 valence electrons. The van der Waals surface area contributed by atoms with Crippen LogP contribution >= 0.6 is 0 Å². The molecule has 3 N–H and O–H groups in total. The number of methoxy groups -OCH3 is 1. The smallest absolute Gasteiger partial charge is 0.221 e. The van der Waals surface area contributed by atoms with Crippen LogP contribution in [0.3, 0.4) is 0 Å². The molecule has 0 atom stereocenters. The highest BCUT2D eigenvalue weighted by atomic mass is 16.5. The molecule has 1 amide bonds. The minimum Gasteiger partial charge on any atom is -0.382 e. The van der Waals surface area contributed by atoms with Crippen LogP contribution in [0.15, 0.2) is 4.99 Å². The number of guanidine groups is 1. The van der Waals surface area contributed by atoms with Gasteiger partial charge in [-0.05, 0) is 26.2 Å². The second kappa shape index (κ2) is 15.0. The van der Waals surface area contributed by atoms with E-state index in [1.165, 1.54) is 19.3 Å². The standard InChI is InChI=1S/C18H36N4O3/c1-3-19-18(20-11-7-13-25-15-14-24-2)21-12-10-17(23)22-16-8-5-4-6-9-16/h16H,3-15H2,1-2H3,(H,22,23)(H2,19,20,21). The van der Waals surface area contributed by atoms with Gasteiger partial charge in [-0.15, -0.1) is 0 Å². The Morgan fingerprint density at radius 2 is 1.92 bits per heavy atom. The average molecular weight is 357 g/mol. The van der Waals surface area contributed by atoms with E-state index in [0.29, 0.717) is 45.4 Å². The molecule has 1 rings (SSSR count). The lowest BCUT2D eigenvalue weighted by Gasteiger charge is -2.22. The van der Waals surface area contributed by atoms with E-state index in [1.54, 1.807) is 7.11 Å². The molecule has 0 radical (unpaired) electrons. The molecule has 0 saturated heterocycles. The zero-order valence-corrected chi connectivity index (χ0v) is 15.9. The first-order chi connectivity index (χ1) is 12.3. The zero-order chi connectivity index (χ0) is 18.2. The molecule has 0 aromatic heterocycles. The molecule has 1 fully saturated rings. The fourth-order valence-corrected chi connectivity index (χ4v) is 2.78. The third-order valence-corrected chi connectivity index (χ3v) is 4.11. The summed E-state index contributed by atoms with van der Waals surface area (Å²) in [4.78, 5) is 16.5. The third-order valence-electron chi connectivity index (χ3n) is 4.11. The average Bonchev–Trinajstić information content (AvgIpc) is 2.61. The Bertz CT molecular complexity index is 371. The van der Waals surface area contributed by atoms with Gasteiger partial charge in [-0.1, -0.05) is 19.3 Å². The van der Waals surface area contributed by atoms with Crippen molar-refractivity contribution in [1.29, 1.82) is 0 Å². The maximum atomic E-state index is 12.0. The summed E-state index contributed by atoms with van der Waals surface area (Å²) in [7, 11) is 1.66. The van der Waals surface area contributed by atoms with Crippen LogP contribution in [0.25, 0.3) is 0 Å². The highest BCUT2D eigenvalue weighted by Crippen LogP contribution is 2.17. The third kappa shape index (κ3) is 11.8. The number of nitrogens with one attached hydrogen (secondary N) is 3. The summed E-state index contributed by atoms with van der Waals surface area (Å²) in [6.45, 7) is 6.03. The predicted octanol–water partition coefficient (Wildman–Crippen LogP) is 1.43. The minimum atomic E-state index is 0.127. The fourth-order valence-electron chi connectivity index (χ4n) is 2.78. The van der Waals surface area contributed by atoms with Crippen molar-refractivity contribution < 1.29 is 14.3 Å². The predicted molar refractivity (Wildman–Crippen MR) is 101 cm³/mol. The highest BCUT2D eigenvalue weighted by molar-refractivity contribution is 5.81. The van der Waals surface area contributed by atoms with Gasteiger partial charge >= 0.3 is 0 Å². The molecule has 0 spiro atoms. The van der Waals surface area contributed by atoms with Gasteiger partial charge in [0.25, 0.3) is 0 Å². The number of nitrogens with zero attached hydrogens (tertiary/aromatic N) is 1. The molecule has 0 heterocycles. The van der Waals surface area contributed by atoms with Gasteiger partial charge in [0.1, 0.15) is 0 Å². The highest BCUT2D eigenvalue weighted by Gasteiger charge is 2.15. The van der Waals surface area contributed by atoms with E-state index in [4.69, 9.17) is 9.47 Å². The van der Waals surface area contributed by atoms with Crippen LogP contribution in [-0.4, -0.2) is 64.5 Å². The summed E-state index contributed by atoms with van der Waals surface area (Å²) in [6, 6.07) is 0.376. The molecule has 25 heavy (non-hydrogen) atoms. The summed E-state index contributed by atoms with van der Waals surface area (Å²) in [6.07, 6.45) is 7.34. The number of aliphatic imine (C=N–C) groups is 1. The normalized spacial score (nSPS) is 15.8. The Labute approximate surface area is 152 Å². The van der Waals surface area contributed by atoms with Gasteiger partial charge in [0.15, 0.2) is 5.96 Å². The first-order valence-corrected chi connectivity index (χ1v) is 9.64. The Morgan fingerprint density at radius 1 is 1.12 bits per heavy atom. The van der Waals surface area contributed by atoms with Crippen molar-refractivity contribution in [1.82, 2.24) is 16.0 Å². The summed E-state index contributed by atoms with van der Waals surface area (Å²) >= 11 is 0. The van der Waals surface area contributed by atoms with Gasteiger partial charge < -0.3 is 25.4 Å². The van der Waals surface area contributed by atoms with Gasteiger partial charge in [-0.25, -0.2) is 0 Å². The minimum absolute atomic E-state index is 0.127. The van der Waals surface area contributed by atoms with Crippen LogP contribution in [0.1, 0.15) is 51.9 Å². The van der Waals surface area contributed by atoms with Crippen molar-refractivity contribution in [2.24, 2.45) is 4.99 Å². The van der Waals surface area contributed by atoms with E-state index in [1.807, 2.05) is 6.92 Å². The summed E-state index contributed by atoms with van der Waals surface area (Å²) < 4.78 is 10.3. The quantitative estimate of drug-likeness (QED) is 0.280. The maximum Gasteiger partial charge on any atom is 0.221 e. The van der Waals surface area contributed by atoms with Gasteiger partial charge in [0.2, 0.25) is 5.91 Å². The van der Waals surface area contributed by atoms with Crippen molar-refractivity contribution in [3.05, 3.63) is 0 Å². The number of carbonyl (C=O) groups excluding carboxylic acids is 1. The molecule has 1 saturated carbocycles. The molecule has 0 aromatic carbocycles. The number of amides is 1. The first kappa shape index (κ1) is 21.7. The molecule has 7 heteroatoms. The Kier molecular flexibility index (Phi) is 13.0. The summed E-state index contributed by atoms with van der Waals surface area (Å²) in [5.74, 6) is 0.881. The van der Waals surface area contributed by atoms with Crippen molar-refractivity contribution in [3.8, 4) is 0 Å². The Balaban J connectivity index is 2.13. The maximum absolute atomic E-state index is 12.0. The van der Waals surface area contributed by atoms with E-state index < -0.39 is 0 Å². The lowest BCUT2D eigenvalue weighted by molar-refractivity contribution is -0.121. The van der Waals surface area contributed by atoms with Gasteiger partial charge in [-0.2, -0.15) is 0 Å². The van der Waals surface area contributed by atoms with E-state index in [0.717, 1.165) is 31.8 Å². The molecular formula is C18H36N4O3. The molecule has 1 aliphatic rings. The van der Waals surface area contributed by atoms with Crippen molar-refractivity contribution in [2.45, 2.75) is 57.9 Å². The largest absolute Gasteiger partial charge is 0.382 e. The van der Waals surface area contributed by atoms with Crippen molar-refractivity contribution >= 4 is 11.9 Å². The SMILES string of the molecule is CCNC(=NCCCOCCOC)NCCC(=O)NC1CCCCC1. The topological polar surface area (TPSA) is 84.0 Å². The number of ether oxygens (including phenoxy) is 2. The number of carbonyl (C=O) groups is 1. The molecule has 0 unspecified atom stereocenters. The number of hydrogen-bond donors (Lipinski definition) is 3. The molecule has 0 aliphatic heterocycles. The van der Waals surface area contributed by atoms with E-state index in [2.05, 4.69) is 20.9 Å². The van der Waals surface area contributed by atoms with Crippen LogP contribution in [0.5, 0.6) is 0 Å². The molecule has 7 nitrogen and oxygen atoms in total. The summed E-state index contributed by atoms with van der Waals surface area (Å²) in [5.41, 5.74) is 0. The van der Waals surface area contributed by atoms with E-state index >= 15 is 0 Å². The van der Waals surface area contributed by atoms with Gasteiger partial charge in [-0.3, -0.25) is 9.79 Å². The summed E-state index contributed by atoms with van der Waals surface area (Å²) in [5, 5.41) is 9.55. The molecule has 0 aromatic rings. The van der Waals surface area contributed by atoms with Crippen LogP contribution in [0.2, 0.25) is 0 Å². The molecule has 0 bridgehead atoms.